The minimum atomic E-state index is -3.89. The van der Waals surface area contributed by atoms with Crippen LogP contribution in [0.4, 0.5) is 10.1 Å². The number of aryl methyl sites for hydroxylation is 1. The van der Waals surface area contributed by atoms with Gasteiger partial charge >= 0.3 is 0 Å². The van der Waals surface area contributed by atoms with E-state index in [0.717, 1.165) is 24.4 Å². The Balaban J connectivity index is 2.36. The van der Waals surface area contributed by atoms with Gasteiger partial charge in [-0.15, -0.1) is 0 Å². The molecule has 0 spiro atoms. The molecule has 0 aliphatic rings. The van der Waals surface area contributed by atoms with E-state index in [1.165, 1.54) is 10.9 Å². The van der Waals surface area contributed by atoms with Gasteiger partial charge in [0.2, 0.25) is 0 Å². The first-order valence-corrected chi connectivity index (χ1v) is 6.37. The van der Waals surface area contributed by atoms with E-state index < -0.39 is 15.8 Å². The minimum absolute atomic E-state index is 0.0753. The zero-order valence-corrected chi connectivity index (χ0v) is 10.1. The Morgan fingerprint density at radius 2 is 2.17 bits per heavy atom. The number of benzene rings is 1. The lowest BCUT2D eigenvalue weighted by atomic mass is 10.3. The largest absolute Gasteiger partial charge is 0.506 e. The molecule has 1 aromatic heterocycles. The van der Waals surface area contributed by atoms with Crippen LogP contribution in [0.5, 0.6) is 5.75 Å². The van der Waals surface area contributed by atoms with Crippen molar-refractivity contribution in [2.24, 2.45) is 7.05 Å². The smallest absolute Gasteiger partial charge is 0.265 e. The summed E-state index contributed by atoms with van der Waals surface area (Å²) in [7, 11) is -2.32. The molecule has 0 aliphatic heterocycles. The third-order valence-electron chi connectivity index (χ3n) is 2.19. The molecule has 0 atom stereocenters. The summed E-state index contributed by atoms with van der Waals surface area (Å²) < 4.78 is 40.1. The van der Waals surface area contributed by atoms with E-state index in [-0.39, 0.29) is 16.3 Å². The quantitative estimate of drug-likeness (QED) is 0.818. The lowest BCUT2D eigenvalue weighted by Gasteiger charge is -2.07. The number of phenols is 1. The second-order valence-corrected chi connectivity index (χ2v) is 5.30. The Kier molecular flexibility index (Phi) is 2.95. The van der Waals surface area contributed by atoms with E-state index >= 15 is 0 Å². The summed E-state index contributed by atoms with van der Waals surface area (Å²) in [6.45, 7) is 0. The summed E-state index contributed by atoms with van der Waals surface area (Å²) in [6, 6.07) is 2.98. The highest BCUT2D eigenvalue weighted by atomic mass is 32.2. The Morgan fingerprint density at radius 1 is 1.44 bits per heavy atom. The van der Waals surface area contributed by atoms with Gasteiger partial charge in [0, 0.05) is 19.3 Å². The monoisotopic (exact) mass is 271 g/mol. The number of phenolic OH excluding ortho intramolecular Hbond substituents is 1. The number of aromatic nitrogens is 2. The number of aromatic hydroxyl groups is 1. The molecule has 0 unspecified atom stereocenters. The van der Waals surface area contributed by atoms with Crippen LogP contribution in [0, 0.1) is 5.82 Å². The van der Waals surface area contributed by atoms with Crippen molar-refractivity contribution in [3.8, 4) is 5.75 Å². The average molecular weight is 271 g/mol. The van der Waals surface area contributed by atoms with Gasteiger partial charge in [-0.3, -0.25) is 9.40 Å². The highest BCUT2D eigenvalue weighted by Crippen LogP contribution is 2.26. The number of hydrogen-bond acceptors (Lipinski definition) is 4. The zero-order valence-electron chi connectivity index (χ0n) is 9.33. The maximum atomic E-state index is 13.0. The molecule has 1 heterocycles. The molecule has 6 nitrogen and oxygen atoms in total. The predicted molar refractivity (Wildman–Crippen MR) is 62.1 cm³/mol. The van der Waals surface area contributed by atoms with Crippen LogP contribution < -0.4 is 4.72 Å². The van der Waals surface area contributed by atoms with Crippen LogP contribution in [0.25, 0.3) is 0 Å². The molecule has 2 rings (SSSR count). The summed E-state index contributed by atoms with van der Waals surface area (Å²) in [4.78, 5) is -0.0753. The fraction of sp³-hybridized carbons (Fsp3) is 0.100. The van der Waals surface area contributed by atoms with Crippen molar-refractivity contribution in [2.75, 3.05) is 4.72 Å². The Bertz CT molecular complexity index is 681. The summed E-state index contributed by atoms with van der Waals surface area (Å²) in [5.74, 6) is -1.01. The maximum absolute atomic E-state index is 13.0. The summed E-state index contributed by atoms with van der Waals surface area (Å²) in [5, 5.41) is 13.2. The SMILES string of the molecule is Cn1cc(S(=O)(=O)Nc2cc(F)ccc2O)cn1. The summed E-state index contributed by atoms with van der Waals surface area (Å²) >= 11 is 0. The second-order valence-electron chi connectivity index (χ2n) is 3.62. The molecule has 18 heavy (non-hydrogen) atoms. The van der Waals surface area contributed by atoms with Crippen LogP contribution in [-0.4, -0.2) is 23.3 Å². The average Bonchev–Trinajstić information content (AvgIpc) is 2.71. The van der Waals surface area contributed by atoms with Gasteiger partial charge in [-0.25, -0.2) is 12.8 Å². The lowest BCUT2D eigenvalue weighted by Crippen LogP contribution is -2.12. The molecule has 2 aromatic rings. The number of hydrogen-bond donors (Lipinski definition) is 2. The van der Waals surface area contributed by atoms with Crippen molar-refractivity contribution in [2.45, 2.75) is 4.90 Å². The number of nitrogens with one attached hydrogen (secondary N) is 1. The van der Waals surface area contributed by atoms with Crippen LogP contribution in [0.2, 0.25) is 0 Å². The molecule has 1 aromatic carbocycles. The molecule has 96 valence electrons. The van der Waals surface area contributed by atoms with Gasteiger partial charge in [-0.2, -0.15) is 5.10 Å². The first kappa shape index (κ1) is 12.4. The highest BCUT2D eigenvalue weighted by molar-refractivity contribution is 7.92. The predicted octanol–water partition coefficient (Wildman–Crippen LogP) is 1.07. The van der Waals surface area contributed by atoms with E-state index in [4.69, 9.17) is 0 Å². The second kappa shape index (κ2) is 4.30. The topological polar surface area (TPSA) is 84.2 Å². The minimum Gasteiger partial charge on any atom is -0.506 e. The number of sulfonamides is 1. The normalized spacial score (nSPS) is 11.4. The van der Waals surface area contributed by atoms with Gasteiger partial charge in [-0.05, 0) is 12.1 Å². The zero-order chi connectivity index (χ0) is 13.3. The number of halogens is 1. The van der Waals surface area contributed by atoms with Crippen LogP contribution in [0.1, 0.15) is 0 Å². The number of nitrogens with zero attached hydrogens (tertiary/aromatic N) is 2. The van der Waals surface area contributed by atoms with Crippen molar-refractivity contribution in [3.63, 3.8) is 0 Å². The maximum Gasteiger partial charge on any atom is 0.265 e. The van der Waals surface area contributed by atoms with Crippen molar-refractivity contribution in [1.82, 2.24) is 9.78 Å². The fourth-order valence-electron chi connectivity index (χ4n) is 1.33. The van der Waals surface area contributed by atoms with E-state index in [1.807, 2.05) is 0 Å². The Labute approximate surface area is 103 Å². The van der Waals surface area contributed by atoms with Crippen LogP contribution in [0.3, 0.4) is 0 Å². The summed E-state index contributed by atoms with van der Waals surface area (Å²) in [6.07, 6.45) is 2.44. The molecule has 8 heteroatoms. The third kappa shape index (κ3) is 2.43. The Morgan fingerprint density at radius 3 is 2.78 bits per heavy atom. The van der Waals surface area contributed by atoms with E-state index in [2.05, 4.69) is 9.82 Å². The molecule has 0 amide bonds. The van der Waals surface area contributed by atoms with E-state index in [1.54, 1.807) is 7.05 Å². The number of rotatable bonds is 3. The van der Waals surface area contributed by atoms with Crippen LogP contribution in [0.15, 0.2) is 35.5 Å². The lowest BCUT2D eigenvalue weighted by molar-refractivity contribution is 0.475. The Hall–Kier alpha value is -2.09. The molecule has 0 aliphatic carbocycles. The van der Waals surface area contributed by atoms with Gasteiger partial charge in [0.1, 0.15) is 16.5 Å². The molecule has 0 fully saturated rings. The van der Waals surface area contributed by atoms with Gasteiger partial charge in [0.25, 0.3) is 10.0 Å². The van der Waals surface area contributed by atoms with Gasteiger partial charge in [-0.1, -0.05) is 0 Å². The van der Waals surface area contributed by atoms with E-state index in [0.29, 0.717) is 0 Å². The van der Waals surface area contributed by atoms with E-state index in [9.17, 15) is 17.9 Å². The molecule has 0 radical (unpaired) electrons. The van der Waals surface area contributed by atoms with Crippen molar-refractivity contribution in [3.05, 3.63) is 36.4 Å². The highest BCUT2D eigenvalue weighted by Gasteiger charge is 2.18. The fourth-order valence-corrected chi connectivity index (χ4v) is 2.38. The van der Waals surface area contributed by atoms with Crippen molar-refractivity contribution < 1.29 is 17.9 Å². The molecule has 0 bridgehead atoms. The van der Waals surface area contributed by atoms with Crippen molar-refractivity contribution in [1.29, 1.82) is 0 Å². The summed E-state index contributed by atoms with van der Waals surface area (Å²) in [5.41, 5.74) is -0.223. The third-order valence-corrected chi connectivity index (χ3v) is 3.51. The molecule has 0 saturated heterocycles. The molecular formula is C10H10FN3O3S. The van der Waals surface area contributed by atoms with Gasteiger partial charge < -0.3 is 5.11 Å². The standard InChI is InChI=1S/C10H10FN3O3S/c1-14-6-8(5-12-14)18(16,17)13-9-4-7(11)2-3-10(9)15/h2-6,13,15H,1H3. The molecule has 2 N–H and O–H groups in total. The molecule has 0 saturated carbocycles. The first-order chi connectivity index (χ1) is 8.38. The van der Waals surface area contributed by atoms with Gasteiger partial charge in [0.15, 0.2) is 0 Å². The van der Waals surface area contributed by atoms with Crippen LogP contribution in [-0.2, 0) is 17.1 Å². The van der Waals surface area contributed by atoms with Crippen LogP contribution >= 0.6 is 0 Å². The first-order valence-electron chi connectivity index (χ1n) is 4.88. The van der Waals surface area contributed by atoms with Crippen molar-refractivity contribution >= 4 is 15.7 Å². The van der Waals surface area contributed by atoms with Gasteiger partial charge in [0.05, 0.1) is 11.9 Å². The number of anilines is 1. The molecular weight excluding hydrogens is 261 g/mol.